The number of esters is 1. The molecule has 0 aliphatic carbocycles. The van der Waals surface area contributed by atoms with E-state index in [0.717, 1.165) is 5.56 Å². The molecule has 0 fully saturated rings. The van der Waals surface area contributed by atoms with Crippen LogP contribution in [0.3, 0.4) is 0 Å². The van der Waals surface area contributed by atoms with E-state index in [9.17, 15) is 9.59 Å². The van der Waals surface area contributed by atoms with Crippen LogP contribution >= 0.6 is 0 Å². The molecule has 0 radical (unpaired) electrons. The molecule has 0 saturated heterocycles. The van der Waals surface area contributed by atoms with Crippen LogP contribution in [-0.4, -0.2) is 24.0 Å². The van der Waals surface area contributed by atoms with Gasteiger partial charge in [0.15, 0.2) is 0 Å². The number of hydrogen-bond donors (Lipinski definition) is 1. The van der Waals surface area contributed by atoms with E-state index in [-0.39, 0.29) is 5.91 Å². The molecule has 1 heterocycles. The number of nitrogens with one attached hydrogen (secondary N) is 1. The van der Waals surface area contributed by atoms with Crippen LogP contribution < -0.4 is 5.32 Å². The van der Waals surface area contributed by atoms with E-state index < -0.39 is 5.97 Å². The van der Waals surface area contributed by atoms with Crippen molar-refractivity contribution in [1.29, 1.82) is 0 Å². The average molecular weight is 356 g/mol. The molecule has 1 amide bonds. The van der Waals surface area contributed by atoms with Gasteiger partial charge in [0.05, 0.1) is 12.7 Å². The third-order valence-corrected chi connectivity index (χ3v) is 3.69. The summed E-state index contributed by atoms with van der Waals surface area (Å²) in [6.45, 7) is 0. The van der Waals surface area contributed by atoms with E-state index in [2.05, 4.69) is 26.9 Å². The minimum atomic E-state index is -0.443. The number of pyridine rings is 1. The summed E-state index contributed by atoms with van der Waals surface area (Å²) >= 11 is 0. The molecule has 5 nitrogen and oxygen atoms in total. The van der Waals surface area contributed by atoms with Gasteiger partial charge in [-0.25, -0.2) is 9.78 Å². The number of amides is 1. The normalized spacial score (nSPS) is 9.67. The second kappa shape index (κ2) is 8.45. The Labute approximate surface area is 157 Å². The van der Waals surface area contributed by atoms with Crippen molar-refractivity contribution in [3.63, 3.8) is 0 Å². The highest BCUT2D eigenvalue weighted by molar-refractivity contribution is 6.04. The van der Waals surface area contributed by atoms with Crippen LogP contribution in [0.25, 0.3) is 0 Å². The summed E-state index contributed by atoms with van der Waals surface area (Å²) in [5.41, 5.74) is 2.90. The fraction of sp³-hybridized carbons (Fsp3) is 0.0455. The van der Waals surface area contributed by atoms with Gasteiger partial charge in [-0.1, -0.05) is 18.1 Å². The molecule has 1 N–H and O–H groups in total. The van der Waals surface area contributed by atoms with Crippen molar-refractivity contribution in [2.45, 2.75) is 0 Å². The lowest BCUT2D eigenvalue weighted by Crippen LogP contribution is -2.12. The van der Waals surface area contributed by atoms with Crippen LogP contribution in [-0.2, 0) is 4.74 Å². The SMILES string of the molecule is COC(=O)c1ccc(C(=O)Nc2cccc(C#Cc3ccccn3)c2)cc1. The Morgan fingerprint density at radius 3 is 2.41 bits per heavy atom. The predicted molar refractivity (Wildman–Crippen MR) is 102 cm³/mol. The zero-order valence-electron chi connectivity index (χ0n) is 14.6. The number of rotatable bonds is 3. The number of aromatic nitrogens is 1. The molecule has 132 valence electrons. The average Bonchev–Trinajstić information content (AvgIpc) is 2.73. The van der Waals surface area contributed by atoms with Gasteiger partial charge in [0.1, 0.15) is 5.69 Å². The molecule has 0 atom stereocenters. The van der Waals surface area contributed by atoms with Crippen LogP contribution in [0, 0.1) is 11.8 Å². The van der Waals surface area contributed by atoms with Crippen molar-refractivity contribution >= 4 is 17.6 Å². The molecule has 1 aromatic heterocycles. The monoisotopic (exact) mass is 356 g/mol. The summed E-state index contributed by atoms with van der Waals surface area (Å²) in [6.07, 6.45) is 1.69. The van der Waals surface area contributed by atoms with Crippen LogP contribution in [0.1, 0.15) is 32.0 Å². The second-order valence-electron chi connectivity index (χ2n) is 5.57. The largest absolute Gasteiger partial charge is 0.465 e. The van der Waals surface area contributed by atoms with Gasteiger partial charge < -0.3 is 10.1 Å². The standard InChI is InChI=1S/C22H16N2O3/c1-27-22(26)18-11-9-17(10-12-18)21(25)24-20-7-4-5-16(15-20)8-13-19-6-2-3-14-23-19/h2-7,9-12,14-15H,1H3,(H,24,25). The Morgan fingerprint density at radius 1 is 0.926 bits per heavy atom. The zero-order chi connectivity index (χ0) is 19.1. The van der Waals surface area contributed by atoms with Gasteiger partial charge >= 0.3 is 5.97 Å². The summed E-state index contributed by atoms with van der Waals surface area (Å²) in [4.78, 5) is 28.0. The first-order valence-electron chi connectivity index (χ1n) is 8.18. The maximum atomic E-state index is 12.4. The maximum Gasteiger partial charge on any atom is 0.337 e. The van der Waals surface area contributed by atoms with E-state index in [4.69, 9.17) is 0 Å². The third-order valence-electron chi connectivity index (χ3n) is 3.69. The number of nitrogens with zero attached hydrogens (tertiary/aromatic N) is 1. The van der Waals surface area contributed by atoms with Crippen LogP contribution in [0.4, 0.5) is 5.69 Å². The molecule has 0 aliphatic rings. The van der Waals surface area contributed by atoms with Crippen LogP contribution in [0.2, 0.25) is 0 Å². The molecule has 0 bridgehead atoms. The van der Waals surface area contributed by atoms with Crippen molar-refractivity contribution < 1.29 is 14.3 Å². The summed E-state index contributed by atoms with van der Waals surface area (Å²) in [5, 5.41) is 2.82. The van der Waals surface area contributed by atoms with Crippen LogP contribution in [0.15, 0.2) is 72.9 Å². The van der Waals surface area contributed by atoms with E-state index in [1.54, 1.807) is 42.6 Å². The zero-order valence-corrected chi connectivity index (χ0v) is 14.6. The van der Waals surface area contributed by atoms with Crippen molar-refractivity contribution in [2.24, 2.45) is 0 Å². The molecule has 3 aromatic rings. The van der Waals surface area contributed by atoms with Gasteiger partial charge in [-0.05, 0) is 60.5 Å². The van der Waals surface area contributed by atoms with E-state index in [0.29, 0.717) is 22.5 Å². The summed E-state index contributed by atoms with van der Waals surface area (Å²) in [7, 11) is 1.31. The maximum absolute atomic E-state index is 12.4. The molecular weight excluding hydrogens is 340 g/mol. The van der Waals surface area contributed by atoms with E-state index in [1.807, 2.05) is 30.3 Å². The van der Waals surface area contributed by atoms with Gasteiger partial charge in [0.25, 0.3) is 5.91 Å². The Kier molecular flexibility index (Phi) is 5.60. The molecule has 3 rings (SSSR count). The molecule has 0 unspecified atom stereocenters. The Bertz CT molecular complexity index is 1020. The number of anilines is 1. The fourth-order valence-corrected chi connectivity index (χ4v) is 2.33. The highest BCUT2D eigenvalue weighted by atomic mass is 16.5. The lowest BCUT2D eigenvalue weighted by atomic mass is 10.1. The first-order valence-corrected chi connectivity index (χ1v) is 8.18. The number of benzene rings is 2. The van der Waals surface area contributed by atoms with Crippen LogP contribution in [0.5, 0.6) is 0 Å². The molecule has 5 heteroatoms. The number of carbonyl (C=O) groups is 2. The topological polar surface area (TPSA) is 68.3 Å². The first-order chi connectivity index (χ1) is 13.2. The molecule has 2 aromatic carbocycles. The van der Waals surface area contributed by atoms with Crippen molar-refractivity contribution in [3.05, 3.63) is 95.3 Å². The fourth-order valence-electron chi connectivity index (χ4n) is 2.33. The number of carbonyl (C=O) groups excluding carboxylic acids is 2. The number of methoxy groups -OCH3 is 1. The van der Waals surface area contributed by atoms with Crippen molar-refractivity contribution in [1.82, 2.24) is 4.98 Å². The Hall–Kier alpha value is -3.91. The second-order valence-corrected chi connectivity index (χ2v) is 5.57. The lowest BCUT2D eigenvalue weighted by molar-refractivity contribution is 0.0600. The van der Waals surface area contributed by atoms with Crippen molar-refractivity contribution in [3.8, 4) is 11.8 Å². The van der Waals surface area contributed by atoms with E-state index >= 15 is 0 Å². The van der Waals surface area contributed by atoms with Crippen molar-refractivity contribution in [2.75, 3.05) is 12.4 Å². The highest BCUT2D eigenvalue weighted by Crippen LogP contribution is 2.13. The lowest BCUT2D eigenvalue weighted by Gasteiger charge is -2.06. The molecule has 27 heavy (non-hydrogen) atoms. The minimum Gasteiger partial charge on any atom is -0.465 e. The van der Waals surface area contributed by atoms with Gasteiger partial charge in [-0.2, -0.15) is 0 Å². The summed E-state index contributed by atoms with van der Waals surface area (Å²) in [5.74, 6) is 5.28. The van der Waals surface area contributed by atoms with Gasteiger partial charge in [-0.15, -0.1) is 0 Å². The minimum absolute atomic E-state index is 0.277. The highest BCUT2D eigenvalue weighted by Gasteiger charge is 2.09. The Morgan fingerprint density at radius 2 is 1.70 bits per heavy atom. The third kappa shape index (κ3) is 4.80. The van der Waals surface area contributed by atoms with Gasteiger partial charge in [0, 0.05) is 23.0 Å². The molecule has 0 saturated carbocycles. The Balaban J connectivity index is 1.71. The summed E-state index contributed by atoms with van der Waals surface area (Å²) in [6, 6.07) is 19.0. The molecule has 0 aliphatic heterocycles. The smallest absolute Gasteiger partial charge is 0.337 e. The summed E-state index contributed by atoms with van der Waals surface area (Å²) < 4.78 is 4.64. The van der Waals surface area contributed by atoms with Gasteiger partial charge in [0.2, 0.25) is 0 Å². The predicted octanol–water partition coefficient (Wildman–Crippen LogP) is 3.52. The van der Waals surface area contributed by atoms with Gasteiger partial charge in [-0.3, -0.25) is 4.79 Å². The number of hydrogen-bond acceptors (Lipinski definition) is 4. The first kappa shape index (κ1) is 17.9. The van der Waals surface area contributed by atoms with E-state index in [1.165, 1.54) is 7.11 Å². The number of ether oxygens (including phenoxy) is 1. The molecule has 0 spiro atoms. The quantitative estimate of drug-likeness (QED) is 0.576. The molecular formula is C22H16N2O3.